The number of aromatic nitrogens is 3. The summed E-state index contributed by atoms with van der Waals surface area (Å²) in [5, 5.41) is 10.1. The van der Waals surface area contributed by atoms with Crippen molar-refractivity contribution in [1.82, 2.24) is 14.8 Å². The molecule has 1 aliphatic rings. The fraction of sp³-hybridized carbons (Fsp3) is 0.129. The Bertz CT molecular complexity index is 1620. The van der Waals surface area contributed by atoms with E-state index in [2.05, 4.69) is 39.7 Å². The SMILES string of the molecule is CCOC(=O)C1=C(c2ccccc2)Nc2ncnn2C1c1ccc(OCc2cccc3ccccc23)cc1. The Labute approximate surface area is 220 Å². The van der Waals surface area contributed by atoms with E-state index in [4.69, 9.17) is 9.47 Å². The van der Waals surface area contributed by atoms with Crippen LogP contribution in [0.15, 0.2) is 109 Å². The van der Waals surface area contributed by atoms with Gasteiger partial charge in [0.25, 0.3) is 0 Å². The van der Waals surface area contributed by atoms with Crippen molar-refractivity contribution in [1.29, 1.82) is 0 Å². The second-order valence-corrected chi connectivity index (χ2v) is 8.93. The highest BCUT2D eigenvalue weighted by atomic mass is 16.5. The molecule has 0 saturated carbocycles. The molecule has 0 aliphatic carbocycles. The van der Waals surface area contributed by atoms with Gasteiger partial charge in [-0.15, -0.1) is 0 Å². The van der Waals surface area contributed by atoms with Crippen LogP contribution in [0, 0.1) is 0 Å². The minimum atomic E-state index is -0.518. The molecule has 188 valence electrons. The first-order valence-corrected chi connectivity index (χ1v) is 12.6. The summed E-state index contributed by atoms with van der Waals surface area (Å²) >= 11 is 0. The van der Waals surface area contributed by atoms with Gasteiger partial charge in [0.1, 0.15) is 24.7 Å². The minimum absolute atomic E-state index is 0.266. The summed E-state index contributed by atoms with van der Waals surface area (Å²) in [5.74, 6) is 0.888. The topological polar surface area (TPSA) is 78.3 Å². The molecule has 1 unspecified atom stereocenters. The minimum Gasteiger partial charge on any atom is -0.489 e. The lowest BCUT2D eigenvalue weighted by Crippen LogP contribution is -2.30. The molecule has 1 N–H and O–H groups in total. The predicted molar refractivity (Wildman–Crippen MR) is 147 cm³/mol. The molecule has 0 spiro atoms. The first-order valence-electron chi connectivity index (χ1n) is 12.6. The molecule has 5 aromatic rings. The van der Waals surface area contributed by atoms with Gasteiger partial charge in [0.15, 0.2) is 0 Å². The molecule has 2 heterocycles. The van der Waals surface area contributed by atoms with Crippen molar-refractivity contribution >= 4 is 28.4 Å². The first-order chi connectivity index (χ1) is 18.7. The van der Waals surface area contributed by atoms with Gasteiger partial charge in [0, 0.05) is 0 Å². The fourth-order valence-corrected chi connectivity index (χ4v) is 4.86. The molecular weight excluding hydrogens is 476 g/mol. The molecule has 0 bridgehead atoms. The van der Waals surface area contributed by atoms with Gasteiger partial charge in [0.05, 0.1) is 17.9 Å². The molecule has 6 rings (SSSR count). The number of carbonyl (C=O) groups excluding carboxylic acids is 1. The second-order valence-electron chi connectivity index (χ2n) is 8.93. The molecule has 1 atom stereocenters. The van der Waals surface area contributed by atoms with Crippen LogP contribution in [0.2, 0.25) is 0 Å². The summed E-state index contributed by atoms with van der Waals surface area (Å²) < 4.78 is 13.4. The Morgan fingerprint density at radius 3 is 2.50 bits per heavy atom. The smallest absolute Gasteiger partial charge is 0.338 e. The van der Waals surface area contributed by atoms with Gasteiger partial charge >= 0.3 is 5.97 Å². The number of nitrogens with zero attached hydrogens (tertiary/aromatic N) is 3. The zero-order valence-corrected chi connectivity index (χ0v) is 20.9. The molecule has 0 radical (unpaired) electrons. The summed E-state index contributed by atoms with van der Waals surface area (Å²) in [7, 11) is 0. The summed E-state index contributed by atoms with van der Waals surface area (Å²) in [5.41, 5.74) is 3.99. The Morgan fingerprint density at radius 1 is 0.921 bits per heavy atom. The van der Waals surface area contributed by atoms with Gasteiger partial charge in [-0.2, -0.15) is 10.1 Å². The van der Waals surface area contributed by atoms with Gasteiger partial charge < -0.3 is 14.8 Å². The standard InChI is InChI=1S/C31H26N4O3/c1-2-37-30(36)27-28(22-10-4-3-5-11-22)34-31-32-20-33-35(31)29(27)23-15-17-25(18-16-23)38-19-24-13-8-12-21-9-6-7-14-26(21)24/h3-18,20,29H,2,19H2,1H3,(H,32,33,34). The number of carbonyl (C=O) groups is 1. The van der Waals surface area contributed by atoms with E-state index in [1.807, 2.05) is 72.8 Å². The van der Waals surface area contributed by atoms with Crippen LogP contribution in [0.25, 0.3) is 16.5 Å². The van der Waals surface area contributed by atoms with Crippen molar-refractivity contribution in [2.24, 2.45) is 0 Å². The number of anilines is 1. The third-order valence-electron chi connectivity index (χ3n) is 6.63. The van der Waals surface area contributed by atoms with Gasteiger partial charge in [-0.1, -0.05) is 84.9 Å². The molecule has 0 saturated heterocycles. The van der Waals surface area contributed by atoms with E-state index in [0.717, 1.165) is 22.4 Å². The van der Waals surface area contributed by atoms with E-state index in [9.17, 15) is 4.79 Å². The molecular formula is C31H26N4O3. The quantitative estimate of drug-likeness (QED) is 0.275. The van der Waals surface area contributed by atoms with Crippen LogP contribution < -0.4 is 10.1 Å². The number of nitrogens with one attached hydrogen (secondary N) is 1. The van der Waals surface area contributed by atoms with Crippen molar-refractivity contribution in [3.05, 3.63) is 126 Å². The number of esters is 1. The largest absolute Gasteiger partial charge is 0.489 e. The van der Waals surface area contributed by atoms with E-state index < -0.39 is 12.0 Å². The number of rotatable bonds is 7. The van der Waals surface area contributed by atoms with Crippen LogP contribution in [0.4, 0.5) is 5.95 Å². The maximum Gasteiger partial charge on any atom is 0.338 e. The number of hydrogen-bond donors (Lipinski definition) is 1. The lowest BCUT2D eigenvalue weighted by molar-refractivity contribution is -0.138. The first kappa shape index (κ1) is 23.5. The Kier molecular flexibility index (Phi) is 6.32. The van der Waals surface area contributed by atoms with Crippen LogP contribution in [0.3, 0.4) is 0 Å². The van der Waals surface area contributed by atoms with Crippen LogP contribution in [0.5, 0.6) is 5.75 Å². The maximum atomic E-state index is 13.3. The highest BCUT2D eigenvalue weighted by Gasteiger charge is 2.36. The van der Waals surface area contributed by atoms with Crippen molar-refractivity contribution < 1.29 is 14.3 Å². The average Bonchev–Trinajstić information content (AvgIpc) is 3.44. The van der Waals surface area contributed by atoms with E-state index in [1.165, 1.54) is 17.1 Å². The summed E-state index contributed by atoms with van der Waals surface area (Å²) in [6, 6.07) is 31.5. The average molecular weight is 503 g/mol. The maximum absolute atomic E-state index is 13.3. The molecule has 0 fully saturated rings. The number of fused-ring (bicyclic) bond motifs is 2. The lowest BCUT2D eigenvalue weighted by Gasteiger charge is -2.29. The third-order valence-corrected chi connectivity index (χ3v) is 6.63. The lowest BCUT2D eigenvalue weighted by atomic mass is 9.93. The number of ether oxygens (including phenoxy) is 2. The van der Waals surface area contributed by atoms with Gasteiger partial charge in [-0.3, -0.25) is 0 Å². The number of hydrogen-bond acceptors (Lipinski definition) is 6. The van der Waals surface area contributed by atoms with E-state index in [-0.39, 0.29) is 6.61 Å². The molecule has 7 nitrogen and oxygen atoms in total. The number of benzene rings is 4. The predicted octanol–water partition coefficient (Wildman–Crippen LogP) is 6.00. The normalized spacial score (nSPS) is 14.6. The van der Waals surface area contributed by atoms with E-state index >= 15 is 0 Å². The zero-order valence-electron chi connectivity index (χ0n) is 20.9. The fourth-order valence-electron chi connectivity index (χ4n) is 4.86. The highest BCUT2D eigenvalue weighted by molar-refractivity contribution is 6.02. The van der Waals surface area contributed by atoms with Crippen LogP contribution in [-0.2, 0) is 16.1 Å². The van der Waals surface area contributed by atoms with E-state index in [0.29, 0.717) is 23.8 Å². The Hall–Kier alpha value is -4.91. The van der Waals surface area contributed by atoms with Crippen molar-refractivity contribution in [3.63, 3.8) is 0 Å². The summed E-state index contributed by atoms with van der Waals surface area (Å²) in [6.45, 7) is 2.52. The summed E-state index contributed by atoms with van der Waals surface area (Å²) in [6.07, 6.45) is 1.48. The molecule has 1 aromatic heterocycles. The monoisotopic (exact) mass is 502 g/mol. The second kappa shape index (κ2) is 10.2. The molecule has 7 heteroatoms. The molecule has 38 heavy (non-hydrogen) atoms. The zero-order chi connectivity index (χ0) is 25.9. The van der Waals surface area contributed by atoms with Crippen molar-refractivity contribution in [2.45, 2.75) is 19.6 Å². The van der Waals surface area contributed by atoms with Gasteiger partial charge in [0.2, 0.25) is 5.95 Å². The van der Waals surface area contributed by atoms with Crippen LogP contribution in [0.1, 0.15) is 29.7 Å². The van der Waals surface area contributed by atoms with Crippen molar-refractivity contribution in [2.75, 3.05) is 11.9 Å². The summed E-state index contributed by atoms with van der Waals surface area (Å²) in [4.78, 5) is 17.7. The van der Waals surface area contributed by atoms with Gasteiger partial charge in [-0.05, 0) is 46.5 Å². The van der Waals surface area contributed by atoms with Gasteiger partial charge in [-0.25, -0.2) is 9.48 Å². The van der Waals surface area contributed by atoms with Crippen LogP contribution >= 0.6 is 0 Å². The van der Waals surface area contributed by atoms with Crippen molar-refractivity contribution in [3.8, 4) is 5.75 Å². The van der Waals surface area contributed by atoms with E-state index in [1.54, 1.807) is 11.6 Å². The molecule has 1 aliphatic heterocycles. The Morgan fingerprint density at radius 2 is 1.68 bits per heavy atom. The molecule has 4 aromatic carbocycles. The highest BCUT2D eigenvalue weighted by Crippen LogP contribution is 2.39. The third kappa shape index (κ3) is 4.39. The Balaban J connectivity index is 1.34. The molecule has 0 amide bonds. The van der Waals surface area contributed by atoms with Crippen LogP contribution in [-0.4, -0.2) is 27.3 Å².